The molecule has 2 N–H and O–H groups in total. The summed E-state index contributed by atoms with van der Waals surface area (Å²) >= 11 is 0. The molecule has 0 aliphatic heterocycles. The molecule has 110 valence electrons. The van der Waals surface area contributed by atoms with E-state index in [4.69, 9.17) is 0 Å². The molecule has 0 amide bonds. The molecule has 5 nitrogen and oxygen atoms in total. The fourth-order valence-corrected chi connectivity index (χ4v) is 2.00. The number of aryl methyl sites for hydroxylation is 1. The Balaban J connectivity index is 2.45. The number of rotatable bonds is 5. The Labute approximate surface area is 121 Å². The normalized spacial score (nSPS) is 13.5. The highest BCUT2D eigenvalue weighted by Gasteiger charge is 2.36. The largest absolute Gasteiger partial charge is 0.479 e. The number of hydrogen-bond acceptors (Lipinski definition) is 4. The van der Waals surface area contributed by atoms with E-state index in [9.17, 15) is 14.3 Å². The van der Waals surface area contributed by atoms with E-state index in [1.807, 2.05) is 0 Å². The minimum atomic E-state index is -1.48. The third-order valence-electron chi connectivity index (χ3n) is 3.34. The van der Waals surface area contributed by atoms with Gasteiger partial charge < -0.3 is 10.4 Å². The van der Waals surface area contributed by atoms with Crippen LogP contribution in [0.5, 0.6) is 0 Å². The van der Waals surface area contributed by atoms with Gasteiger partial charge >= 0.3 is 5.97 Å². The van der Waals surface area contributed by atoms with E-state index >= 15 is 0 Å². The second-order valence-electron chi connectivity index (χ2n) is 4.76. The molecule has 0 spiro atoms. The summed E-state index contributed by atoms with van der Waals surface area (Å²) in [5.41, 5.74) is -0.733. The maximum atomic E-state index is 14.2. The number of anilines is 1. The lowest BCUT2D eigenvalue weighted by molar-refractivity contribution is -0.142. The van der Waals surface area contributed by atoms with Gasteiger partial charge in [-0.3, -0.25) is 0 Å². The molecule has 0 saturated carbocycles. The summed E-state index contributed by atoms with van der Waals surface area (Å²) in [4.78, 5) is 19.3. The fraction of sp³-hybridized carbons (Fsp3) is 0.267. The van der Waals surface area contributed by atoms with Crippen LogP contribution in [-0.2, 0) is 16.8 Å². The monoisotopic (exact) mass is 289 g/mol. The number of hydrogen-bond donors (Lipinski definition) is 2. The van der Waals surface area contributed by atoms with E-state index in [2.05, 4.69) is 15.3 Å². The Morgan fingerprint density at radius 3 is 2.57 bits per heavy atom. The fourth-order valence-electron chi connectivity index (χ4n) is 2.00. The van der Waals surface area contributed by atoms with Gasteiger partial charge in [-0.1, -0.05) is 37.3 Å². The number of aliphatic carboxylic acids is 1. The highest BCUT2D eigenvalue weighted by atomic mass is 19.1. The topological polar surface area (TPSA) is 75.1 Å². The van der Waals surface area contributed by atoms with Crippen molar-refractivity contribution in [1.82, 2.24) is 9.97 Å². The summed E-state index contributed by atoms with van der Waals surface area (Å²) in [7, 11) is 0. The van der Waals surface area contributed by atoms with Crippen molar-refractivity contribution in [2.24, 2.45) is 0 Å². The van der Waals surface area contributed by atoms with Crippen LogP contribution in [0.4, 0.5) is 10.2 Å². The van der Waals surface area contributed by atoms with Gasteiger partial charge in [0.15, 0.2) is 17.2 Å². The number of halogens is 1. The van der Waals surface area contributed by atoms with Gasteiger partial charge in [-0.15, -0.1) is 0 Å². The van der Waals surface area contributed by atoms with Crippen molar-refractivity contribution in [1.29, 1.82) is 0 Å². The standard InChI is InChI=1S/C15H16FN3O2/c1-3-11-12(16)13(18-9-17-11)19-15(2,14(20)21)10-7-5-4-6-8-10/h4-9H,3H2,1-2H3,(H,20,21)(H,17,18,19). The van der Waals surface area contributed by atoms with E-state index in [0.717, 1.165) is 0 Å². The molecule has 1 aromatic carbocycles. The van der Waals surface area contributed by atoms with E-state index in [1.54, 1.807) is 37.3 Å². The predicted molar refractivity (Wildman–Crippen MR) is 76.4 cm³/mol. The van der Waals surface area contributed by atoms with Crippen molar-refractivity contribution >= 4 is 11.8 Å². The maximum absolute atomic E-state index is 14.2. The van der Waals surface area contributed by atoms with Gasteiger partial charge in [-0.05, 0) is 18.9 Å². The molecule has 1 atom stereocenters. The number of carbonyl (C=O) groups is 1. The zero-order valence-electron chi connectivity index (χ0n) is 11.8. The molecule has 0 bridgehead atoms. The molecule has 0 aliphatic rings. The van der Waals surface area contributed by atoms with Crippen molar-refractivity contribution in [2.45, 2.75) is 25.8 Å². The second-order valence-corrected chi connectivity index (χ2v) is 4.76. The highest BCUT2D eigenvalue weighted by Crippen LogP contribution is 2.27. The van der Waals surface area contributed by atoms with Gasteiger partial charge in [0.05, 0.1) is 5.69 Å². The summed E-state index contributed by atoms with van der Waals surface area (Å²) in [6.07, 6.45) is 1.62. The second kappa shape index (κ2) is 5.87. The van der Waals surface area contributed by atoms with Crippen molar-refractivity contribution in [3.63, 3.8) is 0 Å². The van der Waals surface area contributed by atoms with Crippen molar-refractivity contribution in [3.8, 4) is 0 Å². The first-order valence-corrected chi connectivity index (χ1v) is 6.55. The highest BCUT2D eigenvalue weighted by molar-refractivity contribution is 5.83. The lowest BCUT2D eigenvalue weighted by atomic mass is 9.92. The number of nitrogens with one attached hydrogen (secondary N) is 1. The van der Waals surface area contributed by atoms with Gasteiger partial charge in [0.2, 0.25) is 0 Å². The minimum Gasteiger partial charge on any atom is -0.479 e. The zero-order chi connectivity index (χ0) is 15.5. The summed E-state index contributed by atoms with van der Waals surface area (Å²) in [6, 6.07) is 8.58. The molecule has 1 heterocycles. The third-order valence-corrected chi connectivity index (χ3v) is 3.34. The number of aromatic nitrogens is 2. The first kappa shape index (κ1) is 14.9. The van der Waals surface area contributed by atoms with Crippen LogP contribution in [0.15, 0.2) is 36.7 Å². The SMILES string of the molecule is CCc1ncnc(NC(C)(C(=O)O)c2ccccc2)c1F. The van der Waals surface area contributed by atoms with Crippen LogP contribution in [0.3, 0.4) is 0 Å². The van der Waals surface area contributed by atoms with Gasteiger partial charge in [0.25, 0.3) is 0 Å². The molecule has 1 aromatic heterocycles. The smallest absolute Gasteiger partial charge is 0.333 e. The summed E-state index contributed by atoms with van der Waals surface area (Å²) < 4.78 is 14.2. The summed E-state index contributed by atoms with van der Waals surface area (Å²) in [5.74, 6) is -1.86. The molecule has 0 radical (unpaired) electrons. The number of nitrogens with zero attached hydrogens (tertiary/aromatic N) is 2. The van der Waals surface area contributed by atoms with Crippen LogP contribution >= 0.6 is 0 Å². The van der Waals surface area contributed by atoms with Crippen molar-refractivity contribution < 1.29 is 14.3 Å². The van der Waals surface area contributed by atoms with E-state index in [1.165, 1.54) is 13.3 Å². The average molecular weight is 289 g/mol. The van der Waals surface area contributed by atoms with Crippen LogP contribution < -0.4 is 5.32 Å². The van der Waals surface area contributed by atoms with Crippen molar-refractivity contribution in [3.05, 3.63) is 53.7 Å². The van der Waals surface area contributed by atoms with Crippen LogP contribution in [-0.4, -0.2) is 21.0 Å². The summed E-state index contributed by atoms with van der Waals surface area (Å²) in [6.45, 7) is 3.24. The molecular formula is C15H16FN3O2. The first-order valence-electron chi connectivity index (χ1n) is 6.55. The quantitative estimate of drug-likeness (QED) is 0.885. The third kappa shape index (κ3) is 2.84. The zero-order valence-corrected chi connectivity index (χ0v) is 11.8. The predicted octanol–water partition coefficient (Wildman–Crippen LogP) is 2.59. The Morgan fingerprint density at radius 1 is 1.33 bits per heavy atom. The van der Waals surface area contributed by atoms with E-state index < -0.39 is 17.3 Å². The Kier molecular flexibility index (Phi) is 4.16. The molecule has 2 aromatic rings. The Hall–Kier alpha value is -2.50. The van der Waals surface area contributed by atoms with Crippen LogP contribution in [0.25, 0.3) is 0 Å². The maximum Gasteiger partial charge on any atom is 0.333 e. The van der Waals surface area contributed by atoms with Crippen molar-refractivity contribution in [2.75, 3.05) is 5.32 Å². The Bertz CT molecular complexity index is 649. The number of carboxylic acid groups (broad SMARTS) is 1. The van der Waals surface area contributed by atoms with Gasteiger partial charge in [-0.25, -0.2) is 19.2 Å². The Morgan fingerprint density at radius 2 is 2.00 bits per heavy atom. The lowest BCUT2D eigenvalue weighted by Crippen LogP contribution is -2.41. The molecule has 0 fully saturated rings. The summed E-state index contributed by atoms with van der Waals surface area (Å²) in [5, 5.41) is 12.2. The lowest BCUT2D eigenvalue weighted by Gasteiger charge is -2.27. The first-order chi connectivity index (χ1) is 9.99. The molecule has 2 rings (SSSR count). The average Bonchev–Trinajstić information content (AvgIpc) is 2.50. The number of benzene rings is 1. The molecule has 6 heteroatoms. The minimum absolute atomic E-state index is 0.115. The van der Waals surface area contributed by atoms with Gasteiger partial charge in [-0.2, -0.15) is 0 Å². The van der Waals surface area contributed by atoms with E-state index in [-0.39, 0.29) is 11.5 Å². The molecule has 0 saturated heterocycles. The molecule has 1 unspecified atom stereocenters. The van der Waals surface area contributed by atoms with Crippen LogP contribution in [0.1, 0.15) is 25.1 Å². The van der Waals surface area contributed by atoms with Crippen LogP contribution in [0, 0.1) is 5.82 Å². The van der Waals surface area contributed by atoms with Crippen LogP contribution in [0.2, 0.25) is 0 Å². The number of carboxylic acids is 1. The molecule has 0 aliphatic carbocycles. The van der Waals surface area contributed by atoms with E-state index in [0.29, 0.717) is 12.0 Å². The molecule has 21 heavy (non-hydrogen) atoms. The van der Waals surface area contributed by atoms with Gasteiger partial charge in [0.1, 0.15) is 6.33 Å². The van der Waals surface area contributed by atoms with Gasteiger partial charge in [0, 0.05) is 0 Å². The molecular weight excluding hydrogens is 273 g/mol.